The molecule has 0 aliphatic carbocycles. The molecule has 0 aliphatic heterocycles. The second kappa shape index (κ2) is 8.19. The number of rotatable bonds is 9. The minimum atomic E-state index is -3.76. The molecule has 1 amide bonds. The molecule has 7 heteroatoms. The standard InChI is InChI=1S/C10H18FNO4S/c1-3-4-7-16-9(2)10(13)12-17(14,15)8-5-6-11/h3,9H,1,4-8H2,2H3,(H,12,13)/t9-/m0/s1. The van der Waals surface area contributed by atoms with Gasteiger partial charge in [0.1, 0.15) is 6.10 Å². The Labute approximate surface area is 101 Å². The van der Waals surface area contributed by atoms with Gasteiger partial charge in [-0.15, -0.1) is 6.58 Å². The third-order valence-corrected chi connectivity index (χ3v) is 3.20. The highest BCUT2D eigenvalue weighted by Gasteiger charge is 2.19. The van der Waals surface area contributed by atoms with E-state index in [1.807, 2.05) is 4.72 Å². The van der Waals surface area contributed by atoms with Crippen molar-refractivity contribution in [1.82, 2.24) is 4.72 Å². The zero-order valence-corrected chi connectivity index (χ0v) is 10.6. The van der Waals surface area contributed by atoms with Crippen LogP contribution in [-0.4, -0.2) is 39.5 Å². The van der Waals surface area contributed by atoms with Gasteiger partial charge in [0.25, 0.3) is 5.91 Å². The number of halogens is 1. The molecule has 5 nitrogen and oxygen atoms in total. The van der Waals surface area contributed by atoms with Gasteiger partial charge < -0.3 is 4.74 Å². The van der Waals surface area contributed by atoms with Crippen molar-refractivity contribution in [3.05, 3.63) is 12.7 Å². The normalized spacial score (nSPS) is 13.1. The highest BCUT2D eigenvalue weighted by atomic mass is 32.2. The molecule has 0 aliphatic rings. The molecule has 0 spiro atoms. The molecule has 0 saturated heterocycles. The number of carbonyl (C=O) groups excluding carboxylic acids is 1. The van der Waals surface area contributed by atoms with E-state index in [1.165, 1.54) is 6.92 Å². The highest BCUT2D eigenvalue weighted by Crippen LogP contribution is 1.97. The van der Waals surface area contributed by atoms with E-state index in [0.29, 0.717) is 13.0 Å². The van der Waals surface area contributed by atoms with E-state index in [2.05, 4.69) is 6.58 Å². The van der Waals surface area contributed by atoms with Crippen LogP contribution in [0.1, 0.15) is 19.8 Å². The molecule has 0 aromatic rings. The first-order valence-corrected chi connectivity index (χ1v) is 6.91. The van der Waals surface area contributed by atoms with Gasteiger partial charge in [0.05, 0.1) is 19.0 Å². The third-order valence-electron chi connectivity index (χ3n) is 1.86. The summed E-state index contributed by atoms with van der Waals surface area (Å²) in [7, 11) is -3.76. The van der Waals surface area contributed by atoms with Crippen LogP contribution in [0.3, 0.4) is 0 Å². The van der Waals surface area contributed by atoms with Crippen LogP contribution in [0.4, 0.5) is 4.39 Å². The maximum Gasteiger partial charge on any atom is 0.262 e. The lowest BCUT2D eigenvalue weighted by molar-refractivity contribution is -0.129. The average Bonchev–Trinajstić information content (AvgIpc) is 2.26. The lowest BCUT2D eigenvalue weighted by Gasteiger charge is -2.12. The summed E-state index contributed by atoms with van der Waals surface area (Å²) in [6, 6.07) is 0. The third kappa shape index (κ3) is 7.87. The zero-order chi connectivity index (χ0) is 13.3. The lowest BCUT2D eigenvalue weighted by atomic mass is 10.4. The topological polar surface area (TPSA) is 72.5 Å². The molecular formula is C10H18FNO4S. The van der Waals surface area contributed by atoms with Gasteiger partial charge >= 0.3 is 0 Å². The summed E-state index contributed by atoms with van der Waals surface area (Å²) in [6.45, 7) is 4.49. The molecule has 100 valence electrons. The Balaban J connectivity index is 4.10. The second-order valence-corrected chi connectivity index (χ2v) is 5.26. The van der Waals surface area contributed by atoms with Gasteiger partial charge in [0.15, 0.2) is 0 Å². The van der Waals surface area contributed by atoms with Crippen molar-refractivity contribution in [2.24, 2.45) is 0 Å². The van der Waals surface area contributed by atoms with Gasteiger partial charge in [-0.05, 0) is 19.8 Å². The summed E-state index contributed by atoms with van der Waals surface area (Å²) in [5.41, 5.74) is 0. The molecule has 0 saturated carbocycles. The number of carbonyl (C=O) groups is 1. The first-order chi connectivity index (χ1) is 7.93. The van der Waals surface area contributed by atoms with Gasteiger partial charge in [-0.25, -0.2) is 8.42 Å². The Morgan fingerprint density at radius 1 is 1.59 bits per heavy atom. The van der Waals surface area contributed by atoms with E-state index in [-0.39, 0.29) is 6.42 Å². The summed E-state index contributed by atoms with van der Waals surface area (Å²) in [4.78, 5) is 11.4. The minimum Gasteiger partial charge on any atom is -0.368 e. The van der Waals surface area contributed by atoms with Crippen molar-refractivity contribution in [2.45, 2.75) is 25.9 Å². The van der Waals surface area contributed by atoms with Gasteiger partial charge in [-0.2, -0.15) is 0 Å². The number of amides is 1. The number of ether oxygens (including phenoxy) is 1. The largest absolute Gasteiger partial charge is 0.368 e. The summed E-state index contributed by atoms with van der Waals surface area (Å²) >= 11 is 0. The van der Waals surface area contributed by atoms with Crippen molar-refractivity contribution in [3.63, 3.8) is 0 Å². The Morgan fingerprint density at radius 3 is 2.76 bits per heavy atom. The van der Waals surface area contributed by atoms with Crippen LogP contribution in [0, 0.1) is 0 Å². The van der Waals surface area contributed by atoms with E-state index < -0.39 is 34.5 Å². The average molecular weight is 267 g/mol. The lowest BCUT2D eigenvalue weighted by Crippen LogP contribution is -2.39. The van der Waals surface area contributed by atoms with Crippen LogP contribution in [0.15, 0.2) is 12.7 Å². The second-order valence-electron chi connectivity index (χ2n) is 3.42. The monoisotopic (exact) mass is 267 g/mol. The number of alkyl halides is 1. The smallest absolute Gasteiger partial charge is 0.262 e. The van der Waals surface area contributed by atoms with Gasteiger partial charge in [0, 0.05) is 0 Å². The number of hydrogen-bond acceptors (Lipinski definition) is 4. The molecule has 0 unspecified atom stereocenters. The van der Waals surface area contributed by atoms with Crippen LogP contribution in [0.5, 0.6) is 0 Å². The summed E-state index contributed by atoms with van der Waals surface area (Å²) in [5, 5.41) is 0. The van der Waals surface area contributed by atoms with E-state index in [9.17, 15) is 17.6 Å². The zero-order valence-electron chi connectivity index (χ0n) is 9.82. The molecule has 0 aromatic carbocycles. The highest BCUT2D eigenvalue weighted by molar-refractivity contribution is 7.90. The Bertz CT molecular complexity index is 342. The summed E-state index contributed by atoms with van der Waals surface area (Å²) in [5.74, 6) is -1.15. The minimum absolute atomic E-state index is 0.131. The molecule has 0 heterocycles. The summed E-state index contributed by atoms with van der Waals surface area (Å²) < 4.78 is 41.2. The van der Waals surface area contributed by atoms with Crippen LogP contribution < -0.4 is 4.72 Å². The predicted octanol–water partition coefficient (Wildman–Crippen LogP) is 0.773. The van der Waals surface area contributed by atoms with Crippen molar-refractivity contribution >= 4 is 15.9 Å². The maximum atomic E-state index is 11.8. The molecule has 0 aromatic heterocycles. The molecule has 0 bridgehead atoms. The number of nitrogens with one attached hydrogen (secondary N) is 1. The van der Waals surface area contributed by atoms with Crippen molar-refractivity contribution in [2.75, 3.05) is 19.0 Å². The van der Waals surface area contributed by atoms with Gasteiger partial charge in [0.2, 0.25) is 10.0 Å². The Morgan fingerprint density at radius 2 is 2.24 bits per heavy atom. The fourth-order valence-corrected chi connectivity index (χ4v) is 2.00. The molecule has 0 rings (SSSR count). The Hall–Kier alpha value is -0.950. The van der Waals surface area contributed by atoms with Crippen LogP contribution >= 0.6 is 0 Å². The SMILES string of the molecule is C=CCCO[C@@H](C)C(=O)NS(=O)(=O)CCCF. The van der Waals surface area contributed by atoms with Gasteiger partial charge in [-0.1, -0.05) is 6.08 Å². The van der Waals surface area contributed by atoms with E-state index in [1.54, 1.807) is 6.08 Å². The van der Waals surface area contributed by atoms with Crippen LogP contribution in [-0.2, 0) is 19.6 Å². The first-order valence-electron chi connectivity index (χ1n) is 5.25. The number of hydrogen-bond donors (Lipinski definition) is 1. The van der Waals surface area contributed by atoms with Crippen molar-refractivity contribution in [3.8, 4) is 0 Å². The van der Waals surface area contributed by atoms with Crippen LogP contribution in [0.2, 0.25) is 0 Å². The molecule has 17 heavy (non-hydrogen) atoms. The quantitative estimate of drug-likeness (QED) is 0.495. The molecular weight excluding hydrogens is 249 g/mol. The molecule has 1 atom stereocenters. The van der Waals surface area contributed by atoms with Crippen molar-refractivity contribution in [1.29, 1.82) is 0 Å². The van der Waals surface area contributed by atoms with E-state index in [4.69, 9.17) is 4.74 Å². The molecule has 0 radical (unpaired) electrons. The van der Waals surface area contributed by atoms with Gasteiger partial charge in [-0.3, -0.25) is 13.9 Å². The maximum absolute atomic E-state index is 11.8. The van der Waals surface area contributed by atoms with E-state index in [0.717, 1.165) is 0 Å². The predicted molar refractivity (Wildman–Crippen MR) is 62.7 cm³/mol. The summed E-state index contributed by atoms with van der Waals surface area (Å²) in [6.07, 6.45) is 1.21. The Kier molecular flexibility index (Phi) is 7.73. The molecule has 1 N–H and O–H groups in total. The van der Waals surface area contributed by atoms with E-state index >= 15 is 0 Å². The molecule has 0 fully saturated rings. The van der Waals surface area contributed by atoms with Crippen molar-refractivity contribution < 1.29 is 22.3 Å². The fourth-order valence-electron chi connectivity index (χ4n) is 0.936. The van der Waals surface area contributed by atoms with Crippen LogP contribution in [0.25, 0.3) is 0 Å². The number of sulfonamides is 1. The first kappa shape index (κ1) is 16.1. The fraction of sp³-hybridized carbons (Fsp3) is 0.700.